The average Bonchev–Trinajstić information content (AvgIpc) is 2.86. The highest BCUT2D eigenvalue weighted by atomic mass is 16.4. The number of carboxylic acid groups (broad SMARTS) is 1. The van der Waals surface area contributed by atoms with E-state index in [1.165, 1.54) is 4.68 Å². The van der Waals surface area contributed by atoms with E-state index in [1.54, 1.807) is 13.8 Å². The Hall–Kier alpha value is -2.24. The van der Waals surface area contributed by atoms with Crippen LogP contribution in [0.5, 0.6) is 0 Å². The van der Waals surface area contributed by atoms with Crippen LogP contribution < -0.4 is 0 Å². The summed E-state index contributed by atoms with van der Waals surface area (Å²) in [4.78, 5) is 11.6. The number of rotatable bonds is 4. The standard InChI is InChI=1S/C14H18N4O2/c1-5-14(4,13(19)20)18-12(15-16-17-18)11-7-9(2)6-10(3)8-11/h6-8H,5H2,1-4H3,(H,19,20). The van der Waals surface area contributed by atoms with E-state index >= 15 is 0 Å². The fourth-order valence-electron chi connectivity index (χ4n) is 2.19. The third-order valence-electron chi connectivity index (χ3n) is 3.57. The van der Waals surface area contributed by atoms with E-state index in [0.717, 1.165) is 16.7 Å². The number of hydrogen-bond acceptors (Lipinski definition) is 4. The van der Waals surface area contributed by atoms with Gasteiger partial charge in [0.2, 0.25) is 0 Å². The molecule has 2 rings (SSSR count). The summed E-state index contributed by atoms with van der Waals surface area (Å²) in [6.07, 6.45) is 0.394. The van der Waals surface area contributed by atoms with E-state index < -0.39 is 11.5 Å². The zero-order valence-electron chi connectivity index (χ0n) is 12.1. The van der Waals surface area contributed by atoms with Crippen LogP contribution in [0.2, 0.25) is 0 Å². The van der Waals surface area contributed by atoms with E-state index in [4.69, 9.17) is 0 Å². The van der Waals surface area contributed by atoms with Crippen molar-refractivity contribution < 1.29 is 9.90 Å². The van der Waals surface area contributed by atoms with Gasteiger partial charge in [0.25, 0.3) is 0 Å². The monoisotopic (exact) mass is 274 g/mol. The average molecular weight is 274 g/mol. The minimum absolute atomic E-state index is 0.394. The van der Waals surface area contributed by atoms with Crippen LogP contribution in [0.15, 0.2) is 18.2 Å². The van der Waals surface area contributed by atoms with Crippen molar-refractivity contribution in [3.63, 3.8) is 0 Å². The molecule has 6 heteroatoms. The predicted molar refractivity (Wildman–Crippen MR) is 74.3 cm³/mol. The van der Waals surface area contributed by atoms with Crippen LogP contribution in [0, 0.1) is 13.8 Å². The first-order chi connectivity index (χ1) is 9.38. The molecule has 6 nitrogen and oxygen atoms in total. The van der Waals surface area contributed by atoms with Gasteiger partial charge in [0.15, 0.2) is 11.4 Å². The quantitative estimate of drug-likeness (QED) is 0.924. The van der Waals surface area contributed by atoms with Gasteiger partial charge in [0.1, 0.15) is 0 Å². The zero-order valence-corrected chi connectivity index (χ0v) is 12.1. The summed E-state index contributed by atoms with van der Waals surface area (Å²) in [7, 11) is 0. The van der Waals surface area contributed by atoms with Gasteiger partial charge in [-0.05, 0) is 49.8 Å². The molecule has 0 saturated carbocycles. The van der Waals surface area contributed by atoms with Crippen molar-refractivity contribution in [1.29, 1.82) is 0 Å². The van der Waals surface area contributed by atoms with Crippen molar-refractivity contribution in [2.45, 2.75) is 39.7 Å². The smallest absolute Gasteiger partial charge is 0.331 e. The van der Waals surface area contributed by atoms with Crippen molar-refractivity contribution >= 4 is 5.97 Å². The fraction of sp³-hybridized carbons (Fsp3) is 0.429. The van der Waals surface area contributed by atoms with Gasteiger partial charge >= 0.3 is 5.97 Å². The van der Waals surface area contributed by atoms with Crippen molar-refractivity contribution in [2.75, 3.05) is 0 Å². The van der Waals surface area contributed by atoms with Crippen LogP contribution >= 0.6 is 0 Å². The lowest BCUT2D eigenvalue weighted by Gasteiger charge is -2.24. The first-order valence-corrected chi connectivity index (χ1v) is 6.49. The normalized spacial score (nSPS) is 14.0. The minimum atomic E-state index is -1.16. The highest BCUT2D eigenvalue weighted by Crippen LogP contribution is 2.27. The van der Waals surface area contributed by atoms with Gasteiger partial charge in [0.05, 0.1) is 0 Å². The molecule has 1 aromatic carbocycles. The maximum Gasteiger partial charge on any atom is 0.331 e. The molecule has 1 heterocycles. The number of carboxylic acids is 1. The third-order valence-corrected chi connectivity index (χ3v) is 3.57. The predicted octanol–water partition coefficient (Wildman–Crippen LogP) is 2.17. The summed E-state index contributed by atoms with van der Waals surface area (Å²) in [6, 6.07) is 5.95. The van der Waals surface area contributed by atoms with E-state index in [2.05, 4.69) is 15.5 Å². The number of carbonyl (C=O) groups is 1. The molecule has 1 unspecified atom stereocenters. The minimum Gasteiger partial charge on any atom is -0.479 e. The Kier molecular flexibility index (Phi) is 3.57. The van der Waals surface area contributed by atoms with E-state index in [9.17, 15) is 9.90 Å². The topological polar surface area (TPSA) is 80.9 Å². The number of aryl methyl sites for hydroxylation is 2. The summed E-state index contributed by atoms with van der Waals surface area (Å²) in [5, 5.41) is 21.0. The molecule has 0 radical (unpaired) electrons. The lowest BCUT2D eigenvalue weighted by molar-refractivity contribution is -0.147. The van der Waals surface area contributed by atoms with Gasteiger partial charge in [-0.3, -0.25) is 0 Å². The second-order valence-corrected chi connectivity index (χ2v) is 5.22. The van der Waals surface area contributed by atoms with Crippen LogP contribution in [-0.2, 0) is 10.3 Å². The molecule has 2 aromatic rings. The van der Waals surface area contributed by atoms with E-state index in [1.807, 2.05) is 32.0 Å². The van der Waals surface area contributed by atoms with E-state index in [-0.39, 0.29) is 0 Å². The highest BCUT2D eigenvalue weighted by Gasteiger charge is 2.37. The maximum absolute atomic E-state index is 11.6. The molecular formula is C14H18N4O2. The molecule has 20 heavy (non-hydrogen) atoms. The lowest BCUT2D eigenvalue weighted by atomic mass is 9.98. The molecule has 0 saturated heterocycles. The Balaban J connectivity index is 2.61. The SMILES string of the molecule is CCC(C)(C(=O)O)n1nnnc1-c1cc(C)cc(C)c1. The molecule has 0 aliphatic heterocycles. The molecular weight excluding hydrogens is 256 g/mol. The summed E-state index contributed by atoms with van der Waals surface area (Å²) in [5.74, 6) is -0.471. The largest absolute Gasteiger partial charge is 0.479 e. The third kappa shape index (κ3) is 2.29. The van der Waals surface area contributed by atoms with Crippen LogP contribution in [-0.4, -0.2) is 31.3 Å². The number of hydrogen-bond donors (Lipinski definition) is 1. The van der Waals surface area contributed by atoms with Crippen LogP contribution in [0.25, 0.3) is 11.4 Å². The Morgan fingerprint density at radius 1 is 1.30 bits per heavy atom. The van der Waals surface area contributed by atoms with Crippen LogP contribution in [0.3, 0.4) is 0 Å². The Bertz CT molecular complexity index is 630. The second-order valence-electron chi connectivity index (χ2n) is 5.22. The van der Waals surface area contributed by atoms with Gasteiger partial charge in [-0.15, -0.1) is 5.10 Å². The van der Waals surface area contributed by atoms with Crippen LogP contribution in [0.4, 0.5) is 0 Å². The molecule has 0 bridgehead atoms. The van der Waals surface area contributed by atoms with Crippen LogP contribution in [0.1, 0.15) is 31.4 Å². The zero-order chi connectivity index (χ0) is 14.9. The molecule has 0 aliphatic rings. The Labute approximate surface area is 117 Å². The highest BCUT2D eigenvalue weighted by molar-refractivity contribution is 5.77. The lowest BCUT2D eigenvalue weighted by Crippen LogP contribution is -2.39. The van der Waals surface area contributed by atoms with Gasteiger partial charge in [-0.25, -0.2) is 9.48 Å². The molecule has 0 fully saturated rings. The summed E-state index contributed by atoms with van der Waals surface area (Å²) in [5.41, 5.74) is 1.84. The molecule has 1 N–H and O–H groups in total. The van der Waals surface area contributed by atoms with Crippen molar-refractivity contribution in [3.05, 3.63) is 29.3 Å². The molecule has 0 aliphatic carbocycles. The van der Waals surface area contributed by atoms with Crippen molar-refractivity contribution in [1.82, 2.24) is 20.2 Å². The summed E-state index contributed by atoms with van der Waals surface area (Å²) >= 11 is 0. The Morgan fingerprint density at radius 3 is 2.40 bits per heavy atom. The molecule has 1 atom stereocenters. The number of nitrogens with zero attached hydrogens (tertiary/aromatic N) is 4. The summed E-state index contributed by atoms with van der Waals surface area (Å²) in [6.45, 7) is 7.40. The van der Waals surface area contributed by atoms with Crippen molar-refractivity contribution in [2.24, 2.45) is 0 Å². The van der Waals surface area contributed by atoms with Crippen molar-refractivity contribution in [3.8, 4) is 11.4 Å². The van der Waals surface area contributed by atoms with Gasteiger partial charge in [-0.2, -0.15) is 0 Å². The number of tetrazole rings is 1. The molecule has 0 amide bonds. The van der Waals surface area contributed by atoms with E-state index in [0.29, 0.717) is 12.2 Å². The molecule has 0 spiro atoms. The van der Waals surface area contributed by atoms with Gasteiger partial charge < -0.3 is 5.11 Å². The van der Waals surface area contributed by atoms with Gasteiger partial charge in [-0.1, -0.05) is 24.1 Å². The molecule has 1 aromatic heterocycles. The maximum atomic E-state index is 11.6. The summed E-state index contributed by atoms with van der Waals surface area (Å²) < 4.78 is 1.39. The first-order valence-electron chi connectivity index (χ1n) is 6.49. The second kappa shape index (κ2) is 5.03. The fourth-order valence-corrected chi connectivity index (χ4v) is 2.19. The Morgan fingerprint density at radius 2 is 1.90 bits per heavy atom. The number of aromatic nitrogens is 4. The first kappa shape index (κ1) is 14.2. The van der Waals surface area contributed by atoms with Gasteiger partial charge in [0, 0.05) is 5.56 Å². The number of benzene rings is 1. The molecule has 106 valence electrons. The number of aliphatic carboxylic acids is 1.